The molecule has 5 heteroatoms. The van der Waals surface area contributed by atoms with Crippen LogP contribution in [-0.4, -0.2) is 58.1 Å². The van der Waals surface area contributed by atoms with Crippen LogP contribution in [0.25, 0.3) is 5.32 Å². The van der Waals surface area contributed by atoms with Gasteiger partial charge in [0.05, 0.1) is 11.5 Å². The number of nitrogens with zero attached hydrogens (tertiary/aromatic N) is 2. The van der Waals surface area contributed by atoms with E-state index in [0.717, 1.165) is 13.1 Å². The third-order valence-corrected chi connectivity index (χ3v) is 3.69. The fourth-order valence-electron chi connectivity index (χ4n) is 1.22. The first kappa shape index (κ1) is 9.95. The zero-order valence-electron chi connectivity index (χ0n) is 7.36. The van der Waals surface area contributed by atoms with Gasteiger partial charge in [-0.25, -0.2) is 8.42 Å². The van der Waals surface area contributed by atoms with E-state index in [4.69, 9.17) is 0 Å². The molecule has 0 atom stereocenters. The number of hydrogen-bond donors (Lipinski definition) is 0. The normalized spacial score (nSPS) is 24.1. The molecule has 1 aliphatic rings. The maximum Gasteiger partial charge on any atom is 0.152 e. The van der Waals surface area contributed by atoms with Crippen molar-refractivity contribution in [2.45, 2.75) is 0 Å². The summed E-state index contributed by atoms with van der Waals surface area (Å²) in [6.07, 6.45) is 0. The fraction of sp³-hybridized carbons (Fsp3) is 1.00. The smallest absolute Gasteiger partial charge is 0.152 e. The van der Waals surface area contributed by atoms with E-state index in [2.05, 4.69) is 10.2 Å². The van der Waals surface area contributed by atoms with Crippen LogP contribution in [0.4, 0.5) is 0 Å². The van der Waals surface area contributed by atoms with Crippen molar-refractivity contribution in [2.24, 2.45) is 0 Å². The van der Waals surface area contributed by atoms with Crippen LogP contribution in [0, 0.1) is 0 Å². The van der Waals surface area contributed by atoms with Crippen LogP contribution < -0.4 is 0 Å². The van der Waals surface area contributed by atoms with Crippen LogP contribution in [0.1, 0.15) is 0 Å². The molecule has 72 valence electrons. The first-order valence-corrected chi connectivity index (χ1v) is 5.94. The zero-order chi connectivity index (χ0) is 9.03. The Labute approximate surface area is 73.9 Å². The minimum absolute atomic E-state index is 0.316. The van der Waals surface area contributed by atoms with Gasteiger partial charge < -0.3 is 10.2 Å². The summed E-state index contributed by atoms with van der Waals surface area (Å²) in [5.41, 5.74) is 0. The standard InChI is InChI=1S/C7H15N2O2S/c1-8-2-3-9-4-6-12(10,11)7-5-9/h2-7H2,1H3/q-1. The van der Waals surface area contributed by atoms with Crippen molar-refractivity contribution in [1.82, 2.24) is 4.90 Å². The van der Waals surface area contributed by atoms with E-state index >= 15 is 0 Å². The Kier molecular flexibility index (Phi) is 3.49. The SMILES string of the molecule is C[N-]CCN1CCS(=O)(=O)CC1. The van der Waals surface area contributed by atoms with Crippen molar-refractivity contribution < 1.29 is 8.42 Å². The summed E-state index contributed by atoms with van der Waals surface area (Å²) in [5.74, 6) is 0.632. The van der Waals surface area contributed by atoms with Crippen molar-refractivity contribution in [3.8, 4) is 0 Å². The van der Waals surface area contributed by atoms with Crippen molar-refractivity contribution in [3.63, 3.8) is 0 Å². The number of sulfone groups is 1. The summed E-state index contributed by atoms with van der Waals surface area (Å²) < 4.78 is 22.0. The summed E-state index contributed by atoms with van der Waals surface area (Å²) in [6, 6.07) is 0. The van der Waals surface area contributed by atoms with Gasteiger partial charge in [0.25, 0.3) is 0 Å². The minimum Gasteiger partial charge on any atom is -0.664 e. The van der Waals surface area contributed by atoms with Gasteiger partial charge in [-0.05, 0) is 6.54 Å². The van der Waals surface area contributed by atoms with E-state index in [9.17, 15) is 8.42 Å². The lowest BCUT2D eigenvalue weighted by molar-refractivity contribution is 0.308. The molecule has 0 amide bonds. The summed E-state index contributed by atoms with van der Waals surface area (Å²) in [6.45, 7) is 3.06. The van der Waals surface area contributed by atoms with Gasteiger partial charge in [0.2, 0.25) is 0 Å². The predicted molar refractivity (Wildman–Crippen MR) is 49.2 cm³/mol. The Morgan fingerprint density at radius 1 is 1.33 bits per heavy atom. The first-order valence-electron chi connectivity index (χ1n) is 4.12. The van der Waals surface area contributed by atoms with Gasteiger partial charge in [0, 0.05) is 13.1 Å². The molecule has 1 aliphatic heterocycles. The molecule has 1 rings (SSSR count). The Morgan fingerprint density at radius 3 is 2.42 bits per heavy atom. The molecular formula is C7H15N2O2S-. The fourth-order valence-corrected chi connectivity index (χ4v) is 2.49. The highest BCUT2D eigenvalue weighted by atomic mass is 32.2. The second-order valence-corrected chi connectivity index (χ2v) is 5.34. The van der Waals surface area contributed by atoms with E-state index in [1.165, 1.54) is 0 Å². The van der Waals surface area contributed by atoms with Crippen molar-refractivity contribution in [2.75, 3.05) is 44.7 Å². The maximum absolute atomic E-state index is 11.0. The molecule has 0 aromatic heterocycles. The predicted octanol–water partition coefficient (Wildman–Crippen LogP) is -0.280. The molecule has 0 N–H and O–H groups in total. The lowest BCUT2D eigenvalue weighted by atomic mass is 10.4. The highest BCUT2D eigenvalue weighted by molar-refractivity contribution is 7.91. The molecule has 4 nitrogen and oxygen atoms in total. The Bertz CT molecular complexity index is 212. The highest BCUT2D eigenvalue weighted by Gasteiger charge is 2.19. The molecule has 0 aromatic rings. The molecule has 0 spiro atoms. The van der Waals surface area contributed by atoms with Crippen molar-refractivity contribution >= 4 is 9.84 Å². The van der Waals surface area contributed by atoms with E-state index < -0.39 is 9.84 Å². The molecule has 0 aliphatic carbocycles. The Morgan fingerprint density at radius 2 is 1.92 bits per heavy atom. The lowest BCUT2D eigenvalue weighted by Crippen LogP contribution is -2.41. The molecule has 0 bridgehead atoms. The van der Waals surface area contributed by atoms with Crippen LogP contribution >= 0.6 is 0 Å². The zero-order valence-corrected chi connectivity index (χ0v) is 8.18. The summed E-state index contributed by atoms with van der Waals surface area (Å²) in [4.78, 5) is 2.15. The van der Waals surface area contributed by atoms with Gasteiger partial charge in [-0.15, -0.1) is 6.54 Å². The van der Waals surface area contributed by atoms with Crippen LogP contribution in [0.15, 0.2) is 0 Å². The number of hydrogen-bond acceptors (Lipinski definition) is 3. The van der Waals surface area contributed by atoms with Gasteiger partial charge in [0.1, 0.15) is 0 Å². The second kappa shape index (κ2) is 4.20. The summed E-state index contributed by atoms with van der Waals surface area (Å²) >= 11 is 0. The molecule has 1 saturated heterocycles. The molecule has 1 heterocycles. The maximum atomic E-state index is 11.0. The molecule has 1 fully saturated rings. The molecule has 0 unspecified atom stereocenters. The Hall–Kier alpha value is -0.130. The second-order valence-electron chi connectivity index (χ2n) is 3.03. The van der Waals surface area contributed by atoms with E-state index in [0.29, 0.717) is 24.6 Å². The van der Waals surface area contributed by atoms with E-state index in [-0.39, 0.29) is 0 Å². The van der Waals surface area contributed by atoms with Crippen LogP contribution in [0.2, 0.25) is 0 Å². The minimum atomic E-state index is -2.71. The monoisotopic (exact) mass is 191 g/mol. The summed E-state index contributed by atoms with van der Waals surface area (Å²) in [5, 5.41) is 3.98. The van der Waals surface area contributed by atoms with Crippen molar-refractivity contribution in [1.29, 1.82) is 0 Å². The lowest BCUT2D eigenvalue weighted by Gasteiger charge is -2.28. The van der Waals surface area contributed by atoms with E-state index in [1.807, 2.05) is 0 Å². The van der Waals surface area contributed by atoms with Crippen LogP contribution in [-0.2, 0) is 9.84 Å². The average molecular weight is 191 g/mol. The highest BCUT2D eigenvalue weighted by Crippen LogP contribution is 2.02. The third kappa shape index (κ3) is 3.08. The van der Waals surface area contributed by atoms with Gasteiger partial charge in [-0.3, -0.25) is 0 Å². The van der Waals surface area contributed by atoms with Gasteiger partial charge in [0.15, 0.2) is 9.84 Å². The third-order valence-electron chi connectivity index (χ3n) is 2.08. The largest absolute Gasteiger partial charge is 0.664 e. The van der Waals surface area contributed by atoms with Crippen LogP contribution in [0.5, 0.6) is 0 Å². The number of rotatable bonds is 3. The molecular weight excluding hydrogens is 176 g/mol. The summed E-state index contributed by atoms with van der Waals surface area (Å²) in [7, 11) is -0.935. The molecule has 0 aromatic carbocycles. The van der Waals surface area contributed by atoms with Crippen molar-refractivity contribution in [3.05, 3.63) is 5.32 Å². The molecule has 0 radical (unpaired) electrons. The van der Waals surface area contributed by atoms with Gasteiger partial charge >= 0.3 is 0 Å². The van der Waals surface area contributed by atoms with Gasteiger partial charge in [-0.2, -0.15) is 7.05 Å². The van der Waals surface area contributed by atoms with Crippen LogP contribution in [0.3, 0.4) is 0 Å². The average Bonchev–Trinajstić information content (AvgIpc) is 2.03. The quantitative estimate of drug-likeness (QED) is 0.616. The number of likely N-dealkylation sites (N-methyl/N-ethyl adjacent to an activating group) is 1. The van der Waals surface area contributed by atoms with Gasteiger partial charge in [-0.1, -0.05) is 0 Å². The topological polar surface area (TPSA) is 51.5 Å². The van der Waals surface area contributed by atoms with E-state index in [1.54, 1.807) is 7.05 Å². The molecule has 12 heavy (non-hydrogen) atoms. The Balaban J connectivity index is 2.27. The first-order chi connectivity index (χ1) is 5.64. The molecule has 0 saturated carbocycles.